The molecule has 3 rings (SSSR count). The van der Waals surface area contributed by atoms with Crippen molar-refractivity contribution in [1.82, 2.24) is 5.53 Å². The number of ketones is 1. The Morgan fingerprint density at radius 3 is 2.33 bits per heavy atom. The van der Waals surface area contributed by atoms with Crippen molar-refractivity contribution in [3.63, 3.8) is 0 Å². The van der Waals surface area contributed by atoms with E-state index in [1.54, 1.807) is 40.9 Å². The van der Waals surface area contributed by atoms with Gasteiger partial charge < -0.3 is 10.4 Å². The Kier molecular flexibility index (Phi) is 4.28. The summed E-state index contributed by atoms with van der Waals surface area (Å²) in [6, 6.07) is 13.2. The number of anilines is 2. The maximum Gasteiger partial charge on any atom is 0.255 e. The van der Waals surface area contributed by atoms with Crippen molar-refractivity contribution >= 4 is 23.1 Å². The highest BCUT2D eigenvalue weighted by Crippen LogP contribution is 2.19. The molecule has 0 spiro atoms. The van der Waals surface area contributed by atoms with Gasteiger partial charge in [-0.3, -0.25) is 9.59 Å². The summed E-state index contributed by atoms with van der Waals surface area (Å²) >= 11 is 0. The molecule has 7 nitrogen and oxygen atoms in total. The SMILES string of the molecule is CC(=O)C1=CN(c2ccc(NC(=O)c3ccc(O)cc3)cc2)N[NH2+]1. The van der Waals surface area contributed by atoms with Crippen LogP contribution in [-0.2, 0) is 4.79 Å². The van der Waals surface area contributed by atoms with Crippen LogP contribution in [0.2, 0.25) is 0 Å². The predicted molar refractivity (Wildman–Crippen MR) is 88.8 cm³/mol. The lowest BCUT2D eigenvalue weighted by molar-refractivity contribution is -0.651. The number of amides is 1. The van der Waals surface area contributed by atoms with Crippen LogP contribution >= 0.6 is 0 Å². The van der Waals surface area contributed by atoms with Gasteiger partial charge in [0.15, 0.2) is 0 Å². The molecule has 0 saturated heterocycles. The molecule has 0 atom stereocenters. The van der Waals surface area contributed by atoms with Crippen LogP contribution in [0.1, 0.15) is 17.3 Å². The summed E-state index contributed by atoms with van der Waals surface area (Å²) in [4.78, 5) is 23.4. The first-order chi connectivity index (χ1) is 11.5. The molecule has 0 saturated carbocycles. The zero-order valence-corrected chi connectivity index (χ0v) is 13.0. The van der Waals surface area contributed by atoms with E-state index in [1.807, 2.05) is 12.1 Å². The molecule has 0 aliphatic carbocycles. The molecule has 0 fully saturated rings. The first-order valence-corrected chi connectivity index (χ1v) is 7.35. The second kappa shape index (κ2) is 6.53. The molecule has 1 aliphatic rings. The standard InChI is InChI=1S/C17H16N4O3/c1-11(22)16-10-21(20-19-16)14-6-4-13(5-7-14)18-17(24)12-2-8-15(23)9-3-12/h2-10,19-20,23H,1H3,(H,18,24)/p+1. The molecular formula is C17H17N4O3+. The molecule has 0 bridgehead atoms. The van der Waals surface area contributed by atoms with Crippen molar-refractivity contribution in [1.29, 1.82) is 0 Å². The third-order valence-electron chi connectivity index (χ3n) is 3.57. The largest absolute Gasteiger partial charge is 0.508 e. The molecule has 0 radical (unpaired) electrons. The summed E-state index contributed by atoms with van der Waals surface area (Å²) in [7, 11) is 0. The number of nitrogens with two attached hydrogens (primary N) is 1. The molecule has 0 aromatic heterocycles. The molecular weight excluding hydrogens is 308 g/mol. The van der Waals surface area contributed by atoms with Crippen molar-refractivity contribution in [2.45, 2.75) is 6.92 Å². The number of hydrazine groups is 1. The van der Waals surface area contributed by atoms with Crippen molar-refractivity contribution in [3.05, 3.63) is 66.0 Å². The Morgan fingerprint density at radius 1 is 1.08 bits per heavy atom. The van der Waals surface area contributed by atoms with Gasteiger partial charge in [-0.25, -0.2) is 10.4 Å². The summed E-state index contributed by atoms with van der Waals surface area (Å²) < 4.78 is 0. The summed E-state index contributed by atoms with van der Waals surface area (Å²) in [6.45, 7) is 1.51. The van der Waals surface area contributed by atoms with E-state index in [-0.39, 0.29) is 17.4 Å². The zero-order valence-electron chi connectivity index (χ0n) is 13.0. The molecule has 122 valence electrons. The molecule has 2 aromatic rings. The minimum Gasteiger partial charge on any atom is -0.508 e. The van der Waals surface area contributed by atoms with Gasteiger partial charge in [0.1, 0.15) is 5.75 Å². The average molecular weight is 325 g/mol. The second-order valence-corrected chi connectivity index (χ2v) is 5.33. The van der Waals surface area contributed by atoms with E-state index in [0.717, 1.165) is 5.69 Å². The summed E-state index contributed by atoms with van der Waals surface area (Å²) in [5.41, 5.74) is 7.17. The van der Waals surface area contributed by atoms with Crippen LogP contribution in [-0.4, -0.2) is 16.8 Å². The third-order valence-corrected chi connectivity index (χ3v) is 3.57. The smallest absolute Gasteiger partial charge is 0.255 e. The Morgan fingerprint density at radius 2 is 1.75 bits per heavy atom. The van der Waals surface area contributed by atoms with Crippen LogP contribution in [0, 0.1) is 0 Å². The number of nitrogens with one attached hydrogen (secondary N) is 2. The van der Waals surface area contributed by atoms with Gasteiger partial charge in [0, 0.05) is 18.2 Å². The predicted octanol–water partition coefficient (Wildman–Crippen LogP) is 0.878. The van der Waals surface area contributed by atoms with E-state index in [2.05, 4.69) is 10.9 Å². The number of hydrogen-bond donors (Lipinski definition) is 4. The number of nitrogens with zero attached hydrogens (tertiary/aromatic N) is 1. The molecule has 1 amide bonds. The van der Waals surface area contributed by atoms with Gasteiger partial charge in [0.2, 0.25) is 11.5 Å². The fourth-order valence-electron chi connectivity index (χ4n) is 2.22. The minimum absolute atomic E-state index is 0.0113. The number of phenols is 1. The topological polar surface area (TPSA) is 98.3 Å². The highest BCUT2D eigenvalue weighted by molar-refractivity contribution is 6.04. The number of allylic oxidation sites excluding steroid dienone is 1. The van der Waals surface area contributed by atoms with Gasteiger partial charge in [-0.2, -0.15) is 0 Å². The molecule has 7 heteroatoms. The summed E-state index contributed by atoms with van der Waals surface area (Å²) in [5.74, 6) is -0.152. The Balaban J connectivity index is 1.68. The van der Waals surface area contributed by atoms with Crippen LogP contribution in [0.4, 0.5) is 11.4 Å². The van der Waals surface area contributed by atoms with Crippen LogP contribution in [0.15, 0.2) is 60.4 Å². The molecule has 1 heterocycles. The second-order valence-electron chi connectivity index (χ2n) is 5.33. The van der Waals surface area contributed by atoms with Crippen molar-refractivity contribution < 1.29 is 20.1 Å². The van der Waals surface area contributed by atoms with Crippen LogP contribution in [0.25, 0.3) is 0 Å². The monoisotopic (exact) mass is 325 g/mol. The maximum absolute atomic E-state index is 12.1. The van der Waals surface area contributed by atoms with E-state index in [9.17, 15) is 14.7 Å². The molecule has 2 aromatic carbocycles. The van der Waals surface area contributed by atoms with Gasteiger partial charge in [-0.05, 0) is 48.5 Å². The Bertz CT molecular complexity index is 798. The van der Waals surface area contributed by atoms with Gasteiger partial charge in [0.05, 0.1) is 11.9 Å². The quantitative estimate of drug-likeness (QED) is 0.626. The minimum atomic E-state index is -0.255. The van der Waals surface area contributed by atoms with E-state index < -0.39 is 0 Å². The van der Waals surface area contributed by atoms with Crippen molar-refractivity contribution in [2.75, 3.05) is 10.3 Å². The number of rotatable bonds is 4. The normalized spacial score (nSPS) is 13.5. The van der Waals surface area contributed by atoms with E-state index in [1.165, 1.54) is 19.1 Å². The van der Waals surface area contributed by atoms with E-state index in [0.29, 0.717) is 16.9 Å². The third kappa shape index (κ3) is 3.43. The highest BCUT2D eigenvalue weighted by Gasteiger charge is 2.20. The number of carbonyl (C=O) groups is 2. The number of Topliss-reactive ketones (excluding diaryl/α,β-unsaturated/α-hetero) is 1. The van der Waals surface area contributed by atoms with Gasteiger partial charge in [0.25, 0.3) is 5.91 Å². The number of phenolic OH excluding ortho intramolecular Hbond substituents is 1. The zero-order chi connectivity index (χ0) is 17.1. The first kappa shape index (κ1) is 15.7. The van der Waals surface area contributed by atoms with E-state index in [4.69, 9.17) is 0 Å². The number of aromatic hydroxyl groups is 1. The lowest BCUT2D eigenvalue weighted by Gasteiger charge is -2.13. The number of quaternary nitrogens is 1. The molecule has 1 aliphatic heterocycles. The fourth-order valence-corrected chi connectivity index (χ4v) is 2.22. The van der Waals surface area contributed by atoms with Gasteiger partial charge in [-0.1, -0.05) is 5.53 Å². The fraction of sp³-hybridized carbons (Fsp3) is 0.0588. The average Bonchev–Trinajstić information content (AvgIpc) is 3.06. The molecule has 24 heavy (non-hydrogen) atoms. The summed E-state index contributed by atoms with van der Waals surface area (Å²) in [5, 5.41) is 13.8. The number of benzene rings is 2. The lowest BCUT2D eigenvalue weighted by Crippen LogP contribution is -2.91. The first-order valence-electron chi connectivity index (χ1n) is 7.35. The molecule has 5 N–H and O–H groups in total. The van der Waals surface area contributed by atoms with Crippen molar-refractivity contribution in [2.24, 2.45) is 0 Å². The maximum atomic E-state index is 12.1. The highest BCUT2D eigenvalue weighted by atomic mass is 16.3. The Labute approximate surface area is 138 Å². The number of carbonyl (C=O) groups excluding carboxylic acids is 2. The molecule has 0 unspecified atom stereocenters. The van der Waals surface area contributed by atoms with Crippen molar-refractivity contribution in [3.8, 4) is 5.75 Å². The van der Waals surface area contributed by atoms with E-state index >= 15 is 0 Å². The van der Waals surface area contributed by atoms with Crippen LogP contribution in [0.5, 0.6) is 5.75 Å². The number of hydrogen-bond acceptors (Lipinski definition) is 5. The lowest BCUT2D eigenvalue weighted by atomic mass is 10.2. The van der Waals surface area contributed by atoms with Gasteiger partial charge in [-0.15, -0.1) is 0 Å². The van der Waals surface area contributed by atoms with Gasteiger partial charge >= 0.3 is 0 Å². The summed E-state index contributed by atoms with van der Waals surface area (Å²) in [6.07, 6.45) is 1.71. The van der Waals surface area contributed by atoms with Crippen LogP contribution in [0.3, 0.4) is 0 Å². The Hall–Kier alpha value is -3.16. The van der Waals surface area contributed by atoms with Crippen LogP contribution < -0.4 is 21.3 Å².